The van der Waals surface area contributed by atoms with Crippen molar-refractivity contribution in [2.24, 2.45) is 11.8 Å². The minimum Gasteiger partial charge on any atom is -0.342 e. The van der Waals surface area contributed by atoms with Gasteiger partial charge in [0.1, 0.15) is 18.4 Å². The van der Waals surface area contributed by atoms with E-state index < -0.39 is 12.1 Å². The van der Waals surface area contributed by atoms with E-state index in [0.29, 0.717) is 6.54 Å². The van der Waals surface area contributed by atoms with E-state index in [0.717, 1.165) is 5.69 Å². The number of rotatable bonds is 4. The highest BCUT2D eigenvalue weighted by molar-refractivity contribution is 5.97. The van der Waals surface area contributed by atoms with Crippen LogP contribution < -0.4 is 5.32 Å². The smallest absolute Gasteiger partial charge is 0.246 e. The van der Waals surface area contributed by atoms with Gasteiger partial charge < -0.3 is 10.2 Å². The average molecular weight is 290 g/mol. The van der Waals surface area contributed by atoms with Gasteiger partial charge in [-0.25, -0.2) is 9.97 Å². The van der Waals surface area contributed by atoms with Crippen LogP contribution in [0.25, 0.3) is 0 Å². The van der Waals surface area contributed by atoms with Crippen molar-refractivity contribution >= 4 is 11.8 Å². The summed E-state index contributed by atoms with van der Waals surface area (Å²) >= 11 is 0. The molecule has 21 heavy (non-hydrogen) atoms. The highest BCUT2D eigenvalue weighted by atomic mass is 16.2. The topological polar surface area (TPSA) is 75.2 Å². The molecule has 0 saturated carbocycles. The minimum absolute atomic E-state index is 0.0399. The molecule has 2 amide bonds. The zero-order valence-corrected chi connectivity index (χ0v) is 12.9. The summed E-state index contributed by atoms with van der Waals surface area (Å²) in [4.78, 5) is 34.7. The lowest BCUT2D eigenvalue weighted by molar-refractivity contribution is -0.153. The van der Waals surface area contributed by atoms with E-state index in [2.05, 4.69) is 15.3 Å². The second kappa shape index (κ2) is 6.20. The van der Waals surface area contributed by atoms with Gasteiger partial charge in [0.15, 0.2) is 0 Å². The van der Waals surface area contributed by atoms with Crippen molar-refractivity contribution in [1.29, 1.82) is 0 Å². The third-order valence-electron chi connectivity index (χ3n) is 3.72. The summed E-state index contributed by atoms with van der Waals surface area (Å²) in [7, 11) is 0. The molecule has 6 nitrogen and oxygen atoms in total. The van der Waals surface area contributed by atoms with E-state index in [-0.39, 0.29) is 23.7 Å². The van der Waals surface area contributed by atoms with E-state index in [4.69, 9.17) is 0 Å². The van der Waals surface area contributed by atoms with Crippen molar-refractivity contribution in [3.63, 3.8) is 0 Å². The molecule has 1 aromatic heterocycles. The van der Waals surface area contributed by atoms with Gasteiger partial charge in [0.25, 0.3) is 0 Å². The molecule has 1 aliphatic heterocycles. The fourth-order valence-electron chi connectivity index (χ4n) is 2.63. The van der Waals surface area contributed by atoms with Gasteiger partial charge in [-0.15, -0.1) is 0 Å². The summed E-state index contributed by atoms with van der Waals surface area (Å²) in [5, 5.41) is 2.85. The van der Waals surface area contributed by atoms with Gasteiger partial charge in [0, 0.05) is 6.20 Å². The summed E-state index contributed by atoms with van der Waals surface area (Å²) in [6.45, 7) is 8.09. The minimum atomic E-state index is -0.464. The molecule has 1 aromatic rings. The maximum Gasteiger partial charge on any atom is 0.246 e. The summed E-state index contributed by atoms with van der Waals surface area (Å²) < 4.78 is 0. The monoisotopic (exact) mass is 290 g/mol. The molecule has 2 atom stereocenters. The third-order valence-corrected chi connectivity index (χ3v) is 3.72. The van der Waals surface area contributed by atoms with Crippen LogP contribution in [0.15, 0.2) is 18.6 Å². The highest BCUT2D eigenvalue weighted by Crippen LogP contribution is 2.22. The number of hydrogen-bond donors (Lipinski definition) is 1. The number of piperazine rings is 1. The van der Waals surface area contributed by atoms with Crippen molar-refractivity contribution < 1.29 is 9.59 Å². The largest absolute Gasteiger partial charge is 0.342 e. The van der Waals surface area contributed by atoms with Crippen LogP contribution >= 0.6 is 0 Å². The fourth-order valence-corrected chi connectivity index (χ4v) is 2.63. The first-order chi connectivity index (χ1) is 9.91. The standard InChI is InChI=1S/C15H22N4O2/c1-9(2)12-15(21)19(7-11-5-6-16-8-17-11)13(10(3)4)14(20)18-12/h5-6,8-10,12-13H,7H2,1-4H3,(H,18,20). The molecule has 1 N–H and O–H groups in total. The zero-order valence-electron chi connectivity index (χ0n) is 12.9. The van der Waals surface area contributed by atoms with Gasteiger partial charge >= 0.3 is 0 Å². The lowest BCUT2D eigenvalue weighted by Crippen LogP contribution is -2.65. The normalized spacial score (nSPS) is 22.9. The number of aromatic nitrogens is 2. The van der Waals surface area contributed by atoms with Crippen molar-refractivity contribution in [3.05, 3.63) is 24.3 Å². The Morgan fingerprint density at radius 3 is 2.48 bits per heavy atom. The molecule has 1 aliphatic rings. The van der Waals surface area contributed by atoms with Crippen molar-refractivity contribution in [2.45, 2.75) is 46.3 Å². The van der Waals surface area contributed by atoms with Gasteiger partial charge in [-0.3, -0.25) is 9.59 Å². The van der Waals surface area contributed by atoms with Crippen LogP contribution in [-0.4, -0.2) is 38.8 Å². The maximum absolute atomic E-state index is 12.7. The number of carbonyl (C=O) groups excluding carboxylic acids is 2. The molecule has 2 unspecified atom stereocenters. The van der Waals surface area contributed by atoms with Crippen LogP contribution in [0.5, 0.6) is 0 Å². The Bertz CT molecular complexity index is 516. The summed E-state index contributed by atoms with van der Waals surface area (Å²) in [5.41, 5.74) is 0.737. The highest BCUT2D eigenvalue weighted by Gasteiger charge is 2.42. The van der Waals surface area contributed by atoms with E-state index in [1.54, 1.807) is 17.2 Å². The Balaban J connectivity index is 2.30. The summed E-state index contributed by atoms with van der Waals surface area (Å²) in [6, 6.07) is 0.846. The second-order valence-corrected chi connectivity index (χ2v) is 6.09. The van der Waals surface area contributed by atoms with Crippen LogP contribution in [-0.2, 0) is 16.1 Å². The molecule has 2 rings (SSSR count). The quantitative estimate of drug-likeness (QED) is 0.897. The number of carbonyl (C=O) groups is 2. The van der Waals surface area contributed by atoms with E-state index in [9.17, 15) is 9.59 Å². The molecule has 6 heteroatoms. The molecule has 2 heterocycles. The molecule has 1 fully saturated rings. The van der Waals surface area contributed by atoms with Crippen LogP contribution in [0, 0.1) is 11.8 Å². The van der Waals surface area contributed by atoms with Gasteiger partial charge in [-0.1, -0.05) is 27.7 Å². The Labute approximate surface area is 125 Å². The van der Waals surface area contributed by atoms with E-state index in [1.165, 1.54) is 6.33 Å². The predicted octanol–water partition coefficient (Wildman–Crippen LogP) is 0.984. The molecule has 1 saturated heterocycles. The Hall–Kier alpha value is -1.98. The lowest BCUT2D eigenvalue weighted by Gasteiger charge is -2.41. The van der Waals surface area contributed by atoms with Gasteiger partial charge in [0.05, 0.1) is 12.2 Å². The fraction of sp³-hybridized carbons (Fsp3) is 0.600. The summed E-state index contributed by atoms with van der Waals surface area (Å²) in [5.74, 6) is -0.0226. The van der Waals surface area contributed by atoms with Crippen LogP contribution in [0.1, 0.15) is 33.4 Å². The van der Waals surface area contributed by atoms with Crippen LogP contribution in [0.3, 0.4) is 0 Å². The molecule has 0 spiro atoms. The molecular formula is C15H22N4O2. The first-order valence-electron chi connectivity index (χ1n) is 7.27. The van der Waals surface area contributed by atoms with Crippen molar-refractivity contribution in [2.75, 3.05) is 0 Å². The Morgan fingerprint density at radius 2 is 1.95 bits per heavy atom. The van der Waals surface area contributed by atoms with E-state index >= 15 is 0 Å². The zero-order chi connectivity index (χ0) is 15.6. The maximum atomic E-state index is 12.7. The van der Waals surface area contributed by atoms with Crippen LogP contribution in [0.2, 0.25) is 0 Å². The first kappa shape index (κ1) is 15.4. The van der Waals surface area contributed by atoms with Gasteiger partial charge in [-0.05, 0) is 17.9 Å². The molecule has 0 bridgehead atoms. The number of hydrogen-bond acceptors (Lipinski definition) is 4. The SMILES string of the molecule is CC(C)C1NC(=O)C(C(C)C)N(Cc2ccncn2)C1=O. The average Bonchev–Trinajstić information content (AvgIpc) is 2.43. The van der Waals surface area contributed by atoms with Crippen molar-refractivity contribution in [3.8, 4) is 0 Å². The van der Waals surface area contributed by atoms with Gasteiger partial charge in [0.2, 0.25) is 11.8 Å². The number of nitrogens with one attached hydrogen (secondary N) is 1. The number of amides is 2. The Morgan fingerprint density at radius 1 is 1.24 bits per heavy atom. The molecule has 0 radical (unpaired) electrons. The predicted molar refractivity (Wildman–Crippen MR) is 78.0 cm³/mol. The number of nitrogens with zero attached hydrogens (tertiary/aromatic N) is 3. The first-order valence-corrected chi connectivity index (χ1v) is 7.27. The molecule has 114 valence electrons. The molecule has 0 aromatic carbocycles. The second-order valence-electron chi connectivity index (χ2n) is 6.09. The molecular weight excluding hydrogens is 268 g/mol. The third kappa shape index (κ3) is 3.20. The van der Waals surface area contributed by atoms with Crippen molar-refractivity contribution in [1.82, 2.24) is 20.2 Å². The molecule has 0 aliphatic carbocycles. The Kier molecular flexibility index (Phi) is 4.55. The summed E-state index contributed by atoms with van der Waals surface area (Å²) in [6.07, 6.45) is 3.09. The van der Waals surface area contributed by atoms with Gasteiger partial charge in [-0.2, -0.15) is 0 Å². The van der Waals surface area contributed by atoms with E-state index in [1.807, 2.05) is 27.7 Å². The lowest BCUT2D eigenvalue weighted by atomic mass is 9.92. The van der Waals surface area contributed by atoms with Crippen LogP contribution in [0.4, 0.5) is 0 Å².